The van der Waals surface area contributed by atoms with E-state index < -0.39 is 0 Å². The molecule has 4 heteroatoms. The van der Waals surface area contributed by atoms with Gasteiger partial charge in [0.15, 0.2) is 0 Å². The largest absolute Gasteiger partial charge is 0.342 e. The highest BCUT2D eigenvalue weighted by atomic mass is 16.2. The van der Waals surface area contributed by atoms with Crippen LogP contribution in [0, 0.1) is 17.2 Å². The quantitative estimate of drug-likeness (QED) is 0.765. The van der Waals surface area contributed by atoms with Crippen molar-refractivity contribution in [3.05, 3.63) is 0 Å². The molecule has 0 radical (unpaired) electrons. The number of carbonyl (C=O) groups excluding carboxylic acids is 1. The second-order valence-corrected chi connectivity index (χ2v) is 6.20. The third kappa shape index (κ3) is 2.92. The van der Waals surface area contributed by atoms with E-state index in [1.54, 1.807) is 0 Å². The minimum Gasteiger partial charge on any atom is -0.342 e. The van der Waals surface area contributed by atoms with E-state index in [-0.39, 0.29) is 11.5 Å². The molecule has 2 rings (SSSR count). The smallest absolute Gasteiger partial charge is 0.225 e. The first-order valence-electron chi connectivity index (χ1n) is 7.46. The number of carbonyl (C=O) groups is 1. The lowest BCUT2D eigenvalue weighted by Crippen LogP contribution is -2.48. The molecule has 1 heterocycles. The molecule has 0 aromatic heterocycles. The molecule has 0 aromatic carbocycles. The Bertz CT molecular complexity index is 358. The Hall–Kier alpha value is -1.08. The summed E-state index contributed by atoms with van der Waals surface area (Å²) in [7, 11) is 3.94. The molecule has 1 aliphatic carbocycles. The van der Waals surface area contributed by atoms with Gasteiger partial charge in [0.05, 0.1) is 6.07 Å². The van der Waals surface area contributed by atoms with E-state index >= 15 is 0 Å². The second-order valence-electron chi connectivity index (χ2n) is 6.20. The number of amides is 1. The average molecular weight is 263 g/mol. The van der Waals surface area contributed by atoms with Crippen molar-refractivity contribution in [3.63, 3.8) is 0 Å². The SMILES string of the molecule is CN(C)C1(C#N)CCC(C(=O)N2CCCCC2)CC1. The van der Waals surface area contributed by atoms with Gasteiger partial charge in [-0.05, 0) is 59.0 Å². The molecule has 0 unspecified atom stereocenters. The fourth-order valence-corrected chi connectivity index (χ4v) is 3.37. The zero-order valence-electron chi connectivity index (χ0n) is 12.2. The van der Waals surface area contributed by atoms with Gasteiger partial charge in [-0.25, -0.2) is 0 Å². The second kappa shape index (κ2) is 5.92. The Morgan fingerprint density at radius 3 is 2.26 bits per heavy atom. The number of nitriles is 1. The van der Waals surface area contributed by atoms with Crippen molar-refractivity contribution < 1.29 is 4.79 Å². The topological polar surface area (TPSA) is 47.3 Å². The van der Waals surface area contributed by atoms with Crippen molar-refractivity contribution in [3.8, 4) is 6.07 Å². The third-order valence-electron chi connectivity index (χ3n) is 4.89. The first-order valence-corrected chi connectivity index (χ1v) is 7.46. The predicted octanol–water partition coefficient (Wildman–Crippen LogP) is 2.01. The van der Waals surface area contributed by atoms with Gasteiger partial charge in [0.1, 0.15) is 5.54 Å². The highest BCUT2D eigenvalue weighted by Crippen LogP contribution is 2.36. The number of likely N-dealkylation sites (tertiary alicyclic amines) is 1. The van der Waals surface area contributed by atoms with Gasteiger partial charge in [-0.3, -0.25) is 9.69 Å². The van der Waals surface area contributed by atoms with Crippen LogP contribution < -0.4 is 0 Å². The minimum atomic E-state index is -0.349. The summed E-state index contributed by atoms with van der Waals surface area (Å²) in [5, 5.41) is 9.40. The first kappa shape index (κ1) is 14.3. The highest BCUT2D eigenvalue weighted by Gasteiger charge is 2.40. The van der Waals surface area contributed by atoms with Crippen LogP contribution in [0.5, 0.6) is 0 Å². The Morgan fingerprint density at radius 1 is 1.21 bits per heavy atom. The van der Waals surface area contributed by atoms with Crippen molar-refractivity contribution in [1.29, 1.82) is 5.26 Å². The number of piperidine rings is 1. The summed E-state index contributed by atoms with van der Waals surface area (Å²) in [6.07, 6.45) is 6.92. The van der Waals surface area contributed by atoms with Crippen LogP contribution in [0.25, 0.3) is 0 Å². The summed E-state index contributed by atoms with van der Waals surface area (Å²) in [5.74, 6) is 0.490. The van der Waals surface area contributed by atoms with Crippen LogP contribution in [0.4, 0.5) is 0 Å². The molecule has 2 fully saturated rings. The van der Waals surface area contributed by atoms with E-state index in [9.17, 15) is 10.1 Å². The molecule has 1 saturated heterocycles. The van der Waals surface area contributed by atoms with Gasteiger partial charge in [0.2, 0.25) is 5.91 Å². The zero-order chi connectivity index (χ0) is 13.9. The molecule has 0 bridgehead atoms. The first-order chi connectivity index (χ1) is 9.09. The zero-order valence-corrected chi connectivity index (χ0v) is 12.2. The molecular weight excluding hydrogens is 238 g/mol. The third-order valence-corrected chi connectivity index (χ3v) is 4.89. The highest BCUT2D eigenvalue weighted by molar-refractivity contribution is 5.79. The molecule has 1 saturated carbocycles. The standard InChI is InChI=1S/C15H25N3O/c1-17(2)15(12-16)8-6-13(7-9-15)14(19)18-10-4-3-5-11-18/h13H,3-11H2,1-2H3. The molecule has 0 atom stereocenters. The number of hydrogen-bond donors (Lipinski definition) is 0. The average Bonchev–Trinajstić information content (AvgIpc) is 2.47. The fourth-order valence-electron chi connectivity index (χ4n) is 3.37. The maximum Gasteiger partial charge on any atom is 0.225 e. The van der Waals surface area contributed by atoms with Crippen molar-refractivity contribution in [2.75, 3.05) is 27.2 Å². The van der Waals surface area contributed by atoms with Crippen LogP contribution in [0.3, 0.4) is 0 Å². The lowest BCUT2D eigenvalue weighted by Gasteiger charge is -2.40. The van der Waals surface area contributed by atoms with Gasteiger partial charge in [0, 0.05) is 19.0 Å². The molecule has 1 amide bonds. The van der Waals surface area contributed by atoms with E-state index in [0.29, 0.717) is 5.91 Å². The summed E-state index contributed by atoms with van der Waals surface area (Å²) in [4.78, 5) is 16.5. The summed E-state index contributed by atoms with van der Waals surface area (Å²) in [5.41, 5.74) is -0.349. The maximum atomic E-state index is 12.5. The Balaban J connectivity index is 1.92. The van der Waals surface area contributed by atoms with Crippen molar-refractivity contribution in [1.82, 2.24) is 9.80 Å². The van der Waals surface area contributed by atoms with E-state index in [0.717, 1.165) is 51.6 Å². The molecule has 2 aliphatic rings. The van der Waals surface area contributed by atoms with Crippen LogP contribution in [0.15, 0.2) is 0 Å². The van der Waals surface area contributed by atoms with Crippen molar-refractivity contribution in [2.24, 2.45) is 5.92 Å². The van der Waals surface area contributed by atoms with Gasteiger partial charge in [0.25, 0.3) is 0 Å². The van der Waals surface area contributed by atoms with E-state index in [1.807, 2.05) is 23.9 Å². The van der Waals surface area contributed by atoms with Gasteiger partial charge in [-0.2, -0.15) is 5.26 Å². The summed E-state index contributed by atoms with van der Waals surface area (Å²) < 4.78 is 0. The molecule has 4 nitrogen and oxygen atoms in total. The predicted molar refractivity (Wildman–Crippen MR) is 74.4 cm³/mol. The normalized spacial score (nSPS) is 32.1. The van der Waals surface area contributed by atoms with Crippen molar-refractivity contribution in [2.45, 2.75) is 50.5 Å². The Morgan fingerprint density at radius 2 is 1.79 bits per heavy atom. The molecule has 0 N–H and O–H groups in total. The summed E-state index contributed by atoms with van der Waals surface area (Å²) in [6.45, 7) is 1.87. The van der Waals surface area contributed by atoms with Gasteiger partial charge in [-0.15, -0.1) is 0 Å². The molecule has 19 heavy (non-hydrogen) atoms. The van der Waals surface area contributed by atoms with Crippen molar-refractivity contribution >= 4 is 5.91 Å². The maximum absolute atomic E-state index is 12.5. The number of hydrogen-bond acceptors (Lipinski definition) is 3. The van der Waals surface area contributed by atoms with Crippen LogP contribution in [0.2, 0.25) is 0 Å². The van der Waals surface area contributed by atoms with Crippen LogP contribution in [-0.2, 0) is 4.79 Å². The van der Waals surface area contributed by atoms with E-state index in [1.165, 1.54) is 6.42 Å². The number of rotatable bonds is 2. The van der Waals surface area contributed by atoms with Gasteiger partial charge >= 0.3 is 0 Å². The lowest BCUT2D eigenvalue weighted by molar-refractivity contribution is -0.138. The number of nitrogens with zero attached hydrogens (tertiary/aromatic N) is 3. The molecule has 0 spiro atoms. The molecule has 0 aromatic rings. The fraction of sp³-hybridized carbons (Fsp3) is 0.867. The Labute approximate surface area is 116 Å². The summed E-state index contributed by atoms with van der Waals surface area (Å²) >= 11 is 0. The van der Waals surface area contributed by atoms with Crippen LogP contribution in [-0.4, -0.2) is 48.4 Å². The monoisotopic (exact) mass is 263 g/mol. The van der Waals surface area contributed by atoms with Gasteiger partial charge in [-0.1, -0.05) is 0 Å². The lowest BCUT2D eigenvalue weighted by atomic mass is 9.76. The van der Waals surface area contributed by atoms with E-state index in [2.05, 4.69) is 6.07 Å². The summed E-state index contributed by atoms with van der Waals surface area (Å²) in [6, 6.07) is 2.46. The van der Waals surface area contributed by atoms with Crippen LogP contribution >= 0.6 is 0 Å². The van der Waals surface area contributed by atoms with Crippen LogP contribution in [0.1, 0.15) is 44.9 Å². The Kier molecular flexibility index (Phi) is 4.46. The molecular formula is C15H25N3O. The van der Waals surface area contributed by atoms with E-state index in [4.69, 9.17) is 0 Å². The van der Waals surface area contributed by atoms with Gasteiger partial charge < -0.3 is 4.90 Å². The molecule has 106 valence electrons. The minimum absolute atomic E-state index is 0.152. The molecule has 1 aliphatic heterocycles.